The lowest BCUT2D eigenvalue weighted by molar-refractivity contribution is -0.182. The summed E-state index contributed by atoms with van der Waals surface area (Å²) in [5.41, 5.74) is -1.60. The molecule has 49 heavy (non-hydrogen) atoms. The van der Waals surface area contributed by atoms with E-state index in [0.29, 0.717) is 5.56 Å². The molecule has 0 aliphatic heterocycles. The van der Waals surface area contributed by atoms with Crippen LogP contribution in [0.2, 0.25) is 0 Å². The number of pyridine rings is 1. The Morgan fingerprint density at radius 2 is 1.71 bits per heavy atom. The third-order valence-electron chi connectivity index (χ3n) is 8.04. The number of halogens is 8. The van der Waals surface area contributed by atoms with E-state index in [2.05, 4.69) is 30.9 Å². The van der Waals surface area contributed by atoms with Crippen LogP contribution in [-0.2, 0) is 26.8 Å². The zero-order chi connectivity index (χ0) is 35.7. The number of aryl methyl sites for hydroxylation is 2. The second-order valence-corrected chi connectivity index (χ2v) is 11.5. The molecule has 1 fully saturated rings. The third-order valence-corrected chi connectivity index (χ3v) is 8.04. The fraction of sp³-hybridized carbons (Fsp3) is 0.433. The summed E-state index contributed by atoms with van der Waals surface area (Å²) >= 11 is 0. The van der Waals surface area contributed by atoms with E-state index in [-0.39, 0.29) is 60.7 Å². The number of nitrogens with one attached hydrogen (secondary N) is 3. The molecule has 1 aliphatic rings. The quantitative estimate of drug-likeness (QED) is 0.176. The van der Waals surface area contributed by atoms with Gasteiger partial charge in [0.05, 0.1) is 17.2 Å². The van der Waals surface area contributed by atoms with E-state index in [0.717, 1.165) is 18.2 Å². The lowest BCUT2D eigenvalue weighted by Gasteiger charge is -2.30. The number of aromatic nitrogens is 5. The van der Waals surface area contributed by atoms with Crippen LogP contribution in [0.15, 0.2) is 36.7 Å². The molecule has 0 unspecified atom stereocenters. The Morgan fingerprint density at radius 3 is 2.33 bits per heavy atom. The van der Waals surface area contributed by atoms with Gasteiger partial charge in [-0.25, -0.2) is 18.7 Å². The Bertz CT molecular complexity index is 1830. The minimum atomic E-state index is -4.80. The minimum absolute atomic E-state index is 0.0210. The molecule has 3 N–H and O–H groups in total. The first-order chi connectivity index (χ1) is 23.0. The van der Waals surface area contributed by atoms with Crippen LogP contribution >= 0.6 is 0 Å². The molecule has 5 rings (SSSR count). The van der Waals surface area contributed by atoms with Crippen molar-refractivity contribution in [1.82, 2.24) is 34.7 Å². The van der Waals surface area contributed by atoms with Crippen LogP contribution < -0.4 is 20.7 Å². The molecule has 1 aromatic carbocycles. The van der Waals surface area contributed by atoms with E-state index in [4.69, 9.17) is 4.74 Å². The average molecular weight is 703 g/mol. The lowest BCUT2D eigenvalue weighted by atomic mass is 9.85. The van der Waals surface area contributed by atoms with Gasteiger partial charge in [-0.2, -0.15) is 31.3 Å². The summed E-state index contributed by atoms with van der Waals surface area (Å²) in [6.07, 6.45) is -9.48. The summed E-state index contributed by atoms with van der Waals surface area (Å²) in [4.78, 5) is 38.0. The highest BCUT2D eigenvalue weighted by Gasteiger charge is 2.41. The molecule has 3 aromatic heterocycles. The number of ether oxygens (including phenoxy) is 1. The number of imidazole rings is 2. The van der Waals surface area contributed by atoms with Crippen LogP contribution in [0.5, 0.6) is 5.88 Å². The fourth-order valence-corrected chi connectivity index (χ4v) is 5.47. The van der Waals surface area contributed by atoms with Crippen LogP contribution in [0.4, 0.5) is 46.8 Å². The van der Waals surface area contributed by atoms with Crippen molar-refractivity contribution >= 4 is 34.6 Å². The zero-order valence-corrected chi connectivity index (χ0v) is 25.9. The van der Waals surface area contributed by atoms with Crippen LogP contribution in [0.3, 0.4) is 0 Å². The number of carbonyl (C=O) groups is 2. The largest absolute Gasteiger partial charge is 0.471 e. The summed E-state index contributed by atoms with van der Waals surface area (Å²) in [7, 11) is 2.98. The van der Waals surface area contributed by atoms with Gasteiger partial charge in [0.15, 0.2) is 18.1 Å². The topological polar surface area (TPSA) is 128 Å². The maximum absolute atomic E-state index is 14.0. The number of amides is 2. The molecular weight excluding hydrogens is 672 g/mol. The van der Waals surface area contributed by atoms with Gasteiger partial charge in [-0.15, -0.1) is 0 Å². The zero-order valence-electron chi connectivity index (χ0n) is 25.9. The number of carbonyl (C=O) groups excluding carboxylic acids is 2. The van der Waals surface area contributed by atoms with Gasteiger partial charge in [0, 0.05) is 39.1 Å². The summed E-state index contributed by atoms with van der Waals surface area (Å²) in [5, 5.41) is 7.80. The molecule has 3 heterocycles. The molecule has 4 aromatic rings. The lowest BCUT2D eigenvalue weighted by Crippen LogP contribution is -2.40. The Hall–Kier alpha value is -4.97. The normalized spacial score (nSPS) is 17.0. The van der Waals surface area contributed by atoms with E-state index in [1.54, 1.807) is 13.2 Å². The number of rotatable bonds is 10. The maximum Gasteiger partial charge on any atom is 0.418 e. The van der Waals surface area contributed by atoms with Crippen molar-refractivity contribution in [1.29, 1.82) is 0 Å². The average Bonchev–Trinajstić information content (AvgIpc) is 3.59. The van der Waals surface area contributed by atoms with Crippen molar-refractivity contribution in [2.24, 2.45) is 20.0 Å². The fourth-order valence-electron chi connectivity index (χ4n) is 5.47. The van der Waals surface area contributed by atoms with Crippen LogP contribution in [0.25, 0.3) is 11.2 Å². The highest BCUT2D eigenvalue weighted by Crippen LogP contribution is 2.39. The standard InChI is InChI=1S/C30H30F8N8O3/c1-45-10-9-39-24(45)26(48)40-13-15-3-8-19(30(36,37)38)20(11-15)42-28-43-21-12-18(27(49-14-22(31)32)44-23(21)46(28)2)25(47)41-17-6-4-16(5-7-17)29(33,34)35/h3,8-12,16-17,22H,4-7,13-14H2,1-2H3,(H,40,48)(H,41,47)(H,42,43). The van der Waals surface area contributed by atoms with Crippen molar-refractivity contribution in [3.05, 3.63) is 59.2 Å². The van der Waals surface area contributed by atoms with Gasteiger partial charge in [0.2, 0.25) is 11.8 Å². The first-order valence-corrected chi connectivity index (χ1v) is 14.9. The molecule has 0 radical (unpaired) electrons. The molecule has 0 atom stereocenters. The Morgan fingerprint density at radius 1 is 1.00 bits per heavy atom. The predicted molar refractivity (Wildman–Crippen MR) is 158 cm³/mol. The molecular formula is C30H30F8N8O3. The Kier molecular flexibility index (Phi) is 10.0. The highest BCUT2D eigenvalue weighted by atomic mass is 19.4. The Balaban J connectivity index is 1.42. The minimum Gasteiger partial charge on any atom is -0.471 e. The first-order valence-electron chi connectivity index (χ1n) is 14.9. The van der Waals surface area contributed by atoms with Gasteiger partial charge in [0.25, 0.3) is 18.2 Å². The van der Waals surface area contributed by atoms with Crippen LogP contribution in [0.1, 0.15) is 57.8 Å². The molecule has 0 saturated heterocycles. The second kappa shape index (κ2) is 13.9. The summed E-state index contributed by atoms with van der Waals surface area (Å²) in [6, 6.07) is 3.70. The predicted octanol–water partition coefficient (Wildman–Crippen LogP) is 5.89. The molecule has 264 valence electrons. The van der Waals surface area contributed by atoms with Gasteiger partial charge in [-0.1, -0.05) is 6.07 Å². The van der Waals surface area contributed by atoms with Gasteiger partial charge >= 0.3 is 12.4 Å². The first kappa shape index (κ1) is 35.3. The number of alkyl halides is 8. The number of nitrogens with zero attached hydrogens (tertiary/aromatic N) is 5. The number of hydrogen-bond acceptors (Lipinski definition) is 7. The van der Waals surface area contributed by atoms with Crippen LogP contribution in [0, 0.1) is 5.92 Å². The van der Waals surface area contributed by atoms with Crippen molar-refractivity contribution in [2.45, 2.75) is 57.0 Å². The van der Waals surface area contributed by atoms with Crippen molar-refractivity contribution in [2.75, 3.05) is 11.9 Å². The van der Waals surface area contributed by atoms with Crippen LogP contribution in [-0.4, -0.2) is 61.2 Å². The van der Waals surface area contributed by atoms with Crippen molar-refractivity contribution in [3.8, 4) is 5.88 Å². The second-order valence-electron chi connectivity index (χ2n) is 11.5. The highest BCUT2D eigenvalue weighted by molar-refractivity contribution is 5.99. The van der Waals surface area contributed by atoms with Gasteiger partial charge in [-0.3, -0.25) is 14.2 Å². The SMILES string of the molecule is Cn1ccnc1C(=O)NCc1ccc(C(F)(F)F)c(Nc2nc3cc(C(=O)NC4CCC(C(F)(F)F)CC4)c(OCC(F)F)nc3n2C)c1. The monoisotopic (exact) mass is 702 g/mol. The summed E-state index contributed by atoms with van der Waals surface area (Å²) in [6.45, 7) is -1.29. The third kappa shape index (κ3) is 8.19. The van der Waals surface area contributed by atoms with Gasteiger partial charge in [0.1, 0.15) is 11.1 Å². The van der Waals surface area contributed by atoms with Crippen molar-refractivity contribution in [3.63, 3.8) is 0 Å². The molecule has 11 nitrogen and oxygen atoms in total. The van der Waals surface area contributed by atoms with Crippen molar-refractivity contribution < 1.29 is 49.4 Å². The maximum atomic E-state index is 14.0. The molecule has 1 aliphatic carbocycles. The number of fused-ring (bicyclic) bond motifs is 1. The van der Waals surface area contributed by atoms with E-state index in [9.17, 15) is 44.7 Å². The Labute approximate surface area is 273 Å². The van der Waals surface area contributed by atoms with Gasteiger partial charge < -0.3 is 25.3 Å². The van der Waals surface area contributed by atoms with E-state index >= 15 is 0 Å². The number of benzene rings is 1. The molecule has 0 spiro atoms. The summed E-state index contributed by atoms with van der Waals surface area (Å²) < 4.78 is 115. The number of anilines is 2. The number of hydrogen-bond donors (Lipinski definition) is 3. The molecule has 0 bridgehead atoms. The molecule has 19 heteroatoms. The van der Waals surface area contributed by atoms with E-state index < -0.39 is 66.3 Å². The smallest absolute Gasteiger partial charge is 0.418 e. The van der Waals surface area contributed by atoms with E-state index in [1.165, 1.54) is 28.4 Å². The molecule has 2 amide bonds. The molecule has 1 saturated carbocycles. The summed E-state index contributed by atoms with van der Waals surface area (Å²) in [5.74, 6) is -3.51. The van der Waals surface area contributed by atoms with E-state index in [1.807, 2.05) is 0 Å². The van der Waals surface area contributed by atoms with Gasteiger partial charge in [-0.05, 0) is 49.4 Å².